The van der Waals surface area contributed by atoms with Gasteiger partial charge in [-0.05, 0) is 17.7 Å². The minimum atomic E-state index is -1.17. The molecule has 1 aliphatic rings. The second kappa shape index (κ2) is 7.51. The third-order valence-corrected chi connectivity index (χ3v) is 5.77. The van der Waals surface area contributed by atoms with Crippen molar-refractivity contribution in [1.29, 1.82) is 5.26 Å². The fraction of sp³-hybridized carbons (Fsp3) is 0.211. The second-order valence-electron chi connectivity index (χ2n) is 6.29. The maximum atomic E-state index is 14.8. The van der Waals surface area contributed by atoms with Crippen LogP contribution in [0, 0.1) is 22.3 Å². The Morgan fingerprint density at radius 1 is 1.32 bits per heavy atom. The fourth-order valence-electron chi connectivity index (χ4n) is 3.51. The molecule has 2 aromatic carbocycles. The molecule has 0 aliphatic carbocycles. The maximum Gasteiger partial charge on any atom is 0.200 e. The number of ether oxygens (including phenoxy) is 1. The number of thioether (sulfide) groups is 1. The molecule has 0 saturated carbocycles. The molecule has 4 rings (SSSR count). The van der Waals surface area contributed by atoms with Gasteiger partial charge >= 0.3 is 0 Å². The normalized spacial score (nSPS) is 21.1. The van der Waals surface area contributed by atoms with E-state index in [-0.39, 0.29) is 18.0 Å². The first-order valence-electron chi connectivity index (χ1n) is 8.33. The molecule has 0 N–H and O–H groups in total. The highest BCUT2D eigenvalue weighted by atomic mass is 35.5. The van der Waals surface area contributed by atoms with Gasteiger partial charge in [0, 0.05) is 34.3 Å². The van der Waals surface area contributed by atoms with Gasteiger partial charge in [-0.2, -0.15) is 10.4 Å². The van der Waals surface area contributed by atoms with Crippen molar-refractivity contribution < 1.29 is 13.5 Å². The molecule has 1 fully saturated rings. The number of nitriles is 1. The summed E-state index contributed by atoms with van der Waals surface area (Å²) >= 11 is 7.23. The zero-order valence-corrected chi connectivity index (χ0v) is 15.9. The lowest BCUT2D eigenvalue weighted by molar-refractivity contribution is -0.191. The molecule has 2 heterocycles. The van der Waals surface area contributed by atoms with Gasteiger partial charge in [0.05, 0.1) is 13.2 Å². The first-order chi connectivity index (χ1) is 13.5. The monoisotopic (exact) mass is 418 g/mol. The number of hydrogen-bond acceptors (Lipinski definition) is 5. The third kappa shape index (κ3) is 3.15. The Kier molecular flexibility index (Phi) is 5.06. The molecule has 1 aromatic heterocycles. The predicted molar refractivity (Wildman–Crippen MR) is 99.7 cm³/mol. The molecule has 9 heteroatoms. The van der Waals surface area contributed by atoms with Crippen LogP contribution >= 0.6 is 23.4 Å². The first kappa shape index (κ1) is 18.9. The molecule has 0 amide bonds. The number of benzene rings is 2. The van der Waals surface area contributed by atoms with Crippen molar-refractivity contribution in [1.82, 2.24) is 14.8 Å². The predicted octanol–water partition coefficient (Wildman–Crippen LogP) is 4.49. The highest BCUT2D eigenvalue weighted by molar-refractivity contribution is 8.03. The van der Waals surface area contributed by atoms with Crippen molar-refractivity contribution in [3.8, 4) is 5.40 Å². The minimum absolute atomic E-state index is 0.0927. The topological polar surface area (TPSA) is 63.7 Å². The van der Waals surface area contributed by atoms with Gasteiger partial charge in [-0.25, -0.2) is 18.4 Å². The lowest BCUT2D eigenvalue weighted by Gasteiger charge is -2.50. The lowest BCUT2D eigenvalue weighted by atomic mass is 9.73. The third-order valence-electron chi connectivity index (χ3n) is 4.84. The highest BCUT2D eigenvalue weighted by Crippen LogP contribution is 2.52. The zero-order valence-electron chi connectivity index (χ0n) is 14.3. The van der Waals surface area contributed by atoms with E-state index in [2.05, 4.69) is 10.1 Å². The molecule has 0 radical (unpaired) electrons. The molecule has 0 spiro atoms. The smallest absolute Gasteiger partial charge is 0.200 e. The number of halogens is 3. The molecule has 5 nitrogen and oxygen atoms in total. The van der Waals surface area contributed by atoms with E-state index in [9.17, 15) is 8.78 Å². The number of nitrogens with zero attached hydrogens (tertiary/aromatic N) is 4. The van der Waals surface area contributed by atoms with E-state index in [1.807, 2.05) is 23.6 Å². The van der Waals surface area contributed by atoms with Gasteiger partial charge in [-0.3, -0.25) is 0 Å². The molecule has 0 bridgehead atoms. The van der Waals surface area contributed by atoms with E-state index in [1.165, 1.54) is 23.1 Å². The van der Waals surface area contributed by atoms with E-state index >= 15 is 0 Å². The summed E-state index contributed by atoms with van der Waals surface area (Å²) in [5.41, 5.74) is -0.163. The zero-order chi connectivity index (χ0) is 19.7. The van der Waals surface area contributed by atoms with Crippen LogP contribution in [0.15, 0.2) is 53.9 Å². The molecule has 1 saturated heterocycles. The standard InChI is InChI=1S/C19H13ClF2N4OS/c20-16-4-2-1-3-13(16)15-8-27-19(15,14-6-5-12(21)7-17(14)22)9-26-18(28-10-23)24-11-25-26/h1-7,11,15H,8-9H2/t15-,19-/m0/s1. The summed E-state index contributed by atoms with van der Waals surface area (Å²) < 4.78 is 35.7. The molecular formula is C19H13ClF2N4OS. The Bertz CT molecular complexity index is 1070. The van der Waals surface area contributed by atoms with Gasteiger partial charge in [0.2, 0.25) is 5.16 Å². The molecule has 142 valence electrons. The average Bonchev–Trinajstić information content (AvgIpc) is 3.08. The SMILES string of the molecule is N#CSc1ncnn1C[C@@]1(c2ccc(F)cc2F)OC[C@H]1c1ccccc1Cl. The fourth-order valence-corrected chi connectivity index (χ4v) is 4.18. The van der Waals surface area contributed by atoms with Crippen LogP contribution in [-0.2, 0) is 16.9 Å². The Labute approximate surface area is 168 Å². The summed E-state index contributed by atoms with van der Waals surface area (Å²) in [6.07, 6.45) is 1.32. The molecule has 2 atom stereocenters. The van der Waals surface area contributed by atoms with Gasteiger partial charge in [0.15, 0.2) is 0 Å². The van der Waals surface area contributed by atoms with Crippen molar-refractivity contribution in [3.05, 3.63) is 76.6 Å². The van der Waals surface area contributed by atoms with E-state index in [0.29, 0.717) is 16.8 Å². The van der Waals surface area contributed by atoms with E-state index in [4.69, 9.17) is 21.6 Å². The Morgan fingerprint density at radius 2 is 2.14 bits per heavy atom. The van der Waals surface area contributed by atoms with Gasteiger partial charge in [-0.1, -0.05) is 35.9 Å². The van der Waals surface area contributed by atoms with E-state index < -0.39 is 17.2 Å². The average molecular weight is 419 g/mol. The number of rotatable bonds is 5. The van der Waals surface area contributed by atoms with Crippen LogP contribution in [0.4, 0.5) is 8.78 Å². The van der Waals surface area contributed by atoms with Crippen LogP contribution in [0.2, 0.25) is 5.02 Å². The highest BCUT2D eigenvalue weighted by Gasteiger charge is 2.53. The number of hydrogen-bond donors (Lipinski definition) is 0. The molecule has 3 aromatic rings. The number of aromatic nitrogens is 3. The summed E-state index contributed by atoms with van der Waals surface area (Å²) in [5, 5.41) is 16.0. The summed E-state index contributed by atoms with van der Waals surface area (Å²) in [4.78, 5) is 4.05. The van der Waals surface area contributed by atoms with Crippen LogP contribution in [0.5, 0.6) is 0 Å². The lowest BCUT2D eigenvalue weighted by Crippen LogP contribution is -2.52. The van der Waals surface area contributed by atoms with Crippen LogP contribution < -0.4 is 0 Å². The van der Waals surface area contributed by atoms with Crippen molar-refractivity contribution in [3.63, 3.8) is 0 Å². The maximum absolute atomic E-state index is 14.8. The first-order valence-corrected chi connectivity index (χ1v) is 9.52. The van der Waals surface area contributed by atoms with Crippen molar-refractivity contribution >= 4 is 23.4 Å². The Hall–Kier alpha value is -2.47. The van der Waals surface area contributed by atoms with E-state index in [0.717, 1.165) is 23.4 Å². The van der Waals surface area contributed by atoms with Gasteiger partial charge in [0.1, 0.15) is 29.0 Å². The molecule has 0 unspecified atom stereocenters. The van der Waals surface area contributed by atoms with Crippen LogP contribution in [0.3, 0.4) is 0 Å². The van der Waals surface area contributed by atoms with Crippen LogP contribution in [0.1, 0.15) is 17.0 Å². The summed E-state index contributed by atoms with van der Waals surface area (Å²) in [6.45, 7) is 0.408. The minimum Gasteiger partial charge on any atom is -0.367 e. The van der Waals surface area contributed by atoms with Gasteiger partial charge < -0.3 is 4.74 Å². The van der Waals surface area contributed by atoms with Crippen molar-refractivity contribution in [2.75, 3.05) is 6.61 Å². The summed E-state index contributed by atoms with van der Waals surface area (Å²) in [6, 6.07) is 10.7. The van der Waals surface area contributed by atoms with Crippen LogP contribution in [0.25, 0.3) is 0 Å². The quantitative estimate of drug-likeness (QED) is 0.451. The molecule has 28 heavy (non-hydrogen) atoms. The van der Waals surface area contributed by atoms with Gasteiger partial charge in [-0.15, -0.1) is 0 Å². The summed E-state index contributed by atoms with van der Waals surface area (Å²) in [5.74, 6) is -1.68. The Balaban J connectivity index is 1.83. The van der Waals surface area contributed by atoms with Crippen molar-refractivity contribution in [2.45, 2.75) is 23.2 Å². The second-order valence-corrected chi connectivity index (χ2v) is 7.45. The van der Waals surface area contributed by atoms with Gasteiger partial charge in [0.25, 0.3) is 0 Å². The molecule has 1 aliphatic heterocycles. The molecular weight excluding hydrogens is 406 g/mol. The summed E-state index contributed by atoms with van der Waals surface area (Å²) in [7, 11) is 0. The number of thiocyanates is 1. The van der Waals surface area contributed by atoms with E-state index in [1.54, 1.807) is 6.07 Å². The van der Waals surface area contributed by atoms with Crippen molar-refractivity contribution in [2.24, 2.45) is 0 Å². The van der Waals surface area contributed by atoms with Crippen LogP contribution in [-0.4, -0.2) is 21.4 Å². The Morgan fingerprint density at radius 3 is 2.82 bits per heavy atom. The largest absolute Gasteiger partial charge is 0.367 e.